The predicted octanol–water partition coefficient (Wildman–Crippen LogP) is 8.03. The average Bonchev–Trinajstić information content (AvgIpc) is 2.99. The van der Waals surface area contributed by atoms with Crippen molar-refractivity contribution in [2.75, 3.05) is 6.61 Å². The Morgan fingerprint density at radius 2 is 1.64 bits per heavy atom. The molecule has 3 N–H and O–H groups in total. The van der Waals surface area contributed by atoms with Crippen molar-refractivity contribution < 1.29 is 29.6 Å². The van der Waals surface area contributed by atoms with Crippen LogP contribution in [-0.4, -0.2) is 40.0 Å². The molecule has 0 radical (unpaired) electrons. The second-order valence-electron chi connectivity index (χ2n) is 16.8. The van der Waals surface area contributed by atoms with Crippen LogP contribution in [-0.2, 0) is 14.3 Å². The van der Waals surface area contributed by atoms with E-state index in [9.17, 15) is 24.9 Å². The fourth-order valence-electron chi connectivity index (χ4n) is 12.0. The lowest BCUT2D eigenvalue weighted by Gasteiger charge is -2.71. The lowest BCUT2D eigenvalue weighted by Crippen LogP contribution is -2.67. The van der Waals surface area contributed by atoms with Crippen LogP contribution in [0.4, 0.5) is 0 Å². The molecule has 5 aliphatic rings. The second kappa shape index (κ2) is 11.0. The van der Waals surface area contributed by atoms with Gasteiger partial charge in [-0.25, -0.2) is 4.79 Å². The molecule has 0 aromatic heterocycles. The monoisotopic (exact) mass is 618 g/mol. The predicted molar refractivity (Wildman–Crippen MR) is 175 cm³/mol. The molecule has 0 saturated heterocycles. The number of hydrogen-bond acceptors (Lipinski definition) is 5. The number of aliphatic carboxylic acids is 1. The number of carboxylic acid groups (broad SMARTS) is 1. The quantitative estimate of drug-likeness (QED) is 0.175. The van der Waals surface area contributed by atoms with Gasteiger partial charge in [0.25, 0.3) is 0 Å². The smallest absolute Gasteiger partial charge is 0.330 e. The molecule has 6 nitrogen and oxygen atoms in total. The minimum absolute atomic E-state index is 0.0281. The molecule has 4 fully saturated rings. The van der Waals surface area contributed by atoms with E-state index in [1.807, 2.05) is 0 Å². The van der Waals surface area contributed by atoms with Crippen LogP contribution in [0.3, 0.4) is 0 Å². The highest BCUT2D eigenvalue weighted by molar-refractivity contribution is 5.87. The number of benzene rings is 1. The van der Waals surface area contributed by atoms with E-state index >= 15 is 0 Å². The van der Waals surface area contributed by atoms with Gasteiger partial charge in [0.15, 0.2) is 0 Å². The van der Waals surface area contributed by atoms with Crippen LogP contribution >= 0.6 is 0 Å². The Morgan fingerprint density at radius 1 is 0.933 bits per heavy atom. The summed E-state index contributed by atoms with van der Waals surface area (Å²) >= 11 is 0. The summed E-state index contributed by atoms with van der Waals surface area (Å²) in [7, 11) is 0. The Labute approximate surface area is 269 Å². The molecule has 4 saturated carbocycles. The molecule has 0 heterocycles. The van der Waals surface area contributed by atoms with E-state index in [4.69, 9.17) is 4.74 Å². The second-order valence-corrected chi connectivity index (χ2v) is 16.8. The lowest BCUT2D eigenvalue weighted by molar-refractivity contribution is -0.218. The van der Waals surface area contributed by atoms with E-state index in [1.54, 1.807) is 30.3 Å². The van der Waals surface area contributed by atoms with Crippen molar-refractivity contribution >= 4 is 18.0 Å². The molecule has 1 aromatic carbocycles. The lowest BCUT2D eigenvalue weighted by atomic mass is 9.33. The molecule has 0 amide bonds. The summed E-state index contributed by atoms with van der Waals surface area (Å²) in [6.07, 6.45) is 12.9. The number of phenolic OH excluding ortho intramolecular Hbond substituents is 1. The maximum Gasteiger partial charge on any atom is 0.330 e. The molecule has 6 unspecified atom stereocenters. The Balaban J connectivity index is 1.42. The van der Waals surface area contributed by atoms with Gasteiger partial charge in [0.05, 0.1) is 11.5 Å². The number of carbonyl (C=O) groups excluding carboxylic acids is 1. The number of aliphatic hydroxyl groups is 1. The Morgan fingerprint density at radius 3 is 2.33 bits per heavy atom. The number of ether oxygens (including phenoxy) is 1. The first-order valence-corrected chi connectivity index (χ1v) is 17.4. The average molecular weight is 619 g/mol. The van der Waals surface area contributed by atoms with Crippen molar-refractivity contribution in [3.8, 4) is 5.75 Å². The summed E-state index contributed by atoms with van der Waals surface area (Å²) in [5, 5.41) is 31.6. The molecule has 6 heteroatoms. The zero-order chi connectivity index (χ0) is 32.6. The van der Waals surface area contributed by atoms with Gasteiger partial charge in [-0.3, -0.25) is 4.79 Å². The van der Waals surface area contributed by atoms with Gasteiger partial charge >= 0.3 is 11.9 Å². The number of fused-ring (bicyclic) bond motifs is 7. The number of hydrogen-bond donors (Lipinski definition) is 3. The van der Waals surface area contributed by atoms with Gasteiger partial charge in [-0.2, -0.15) is 0 Å². The largest absolute Gasteiger partial charge is 0.508 e. The number of phenols is 1. The van der Waals surface area contributed by atoms with E-state index in [1.165, 1.54) is 11.6 Å². The van der Waals surface area contributed by atoms with Crippen molar-refractivity contribution in [2.24, 2.45) is 56.7 Å². The fraction of sp³-hybridized carbons (Fsp3) is 0.692. The number of esters is 1. The van der Waals surface area contributed by atoms with Crippen molar-refractivity contribution in [3.05, 3.63) is 47.6 Å². The molecule has 0 bridgehead atoms. The Hall–Kier alpha value is -2.60. The van der Waals surface area contributed by atoms with Crippen molar-refractivity contribution in [1.29, 1.82) is 0 Å². The zero-order valence-electron chi connectivity index (χ0n) is 28.1. The van der Waals surface area contributed by atoms with Crippen LogP contribution in [0.2, 0.25) is 0 Å². The third-order valence-electron chi connectivity index (χ3n) is 14.8. The highest BCUT2D eigenvalue weighted by Gasteiger charge is 2.71. The first-order valence-electron chi connectivity index (χ1n) is 17.4. The molecule has 10 atom stereocenters. The molecule has 0 spiro atoms. The molecular weight excluding hydrogens is 564 g/mol. The number of carbonyl (C=O) groups is 2. The van der Waals surface area contributed by atoms with Gasteiger partial charge in [0.2, 0.25) is 0 Å². The van der Waals surface area contributed by atoms with Crippen LogP contribution in [0.15, 0.2) is 42.0 Å². The maximum absolute atomic E-state index is 13.3. The van der Waals surface area contributed by atoms with Crippen LogP contribution in [0.25, 0.3) is 6.08 Å². The zero-order valence-corrected chi connectivity index (χ0v) is 28.1. The molecule has 246 valence electrons. The van der Waals surface area contributed by atoms with E-state index in [-0.39, 0.29) is 46.5 Å². The van der Waals surface area contributed by atoms with Crippen LogP contribution in [0, 0.1) is 56.7 Å². The maximum atomic E-state index is 13.3. The summed E-state index contributed by atoms with van der Waals surface area (Å²) in [4.78, 5) is 26.5. The molecule has 0 aliphatic heterocycles. The standard InChI is InChI=1S/C39H54O6/c1-24-15-20-38(34(43)44)21-22-39(23-45-32(42)14-9-26-7-10-27(40)11-8-26)28(33(38)25(24)2)12-13-30-36(5)18-17-31(41)35(3,4)29(36)16-19-37(30,39)6/h7-12,14,24-25,29-31,33,40-41H,13,15-23H2,1-6H3,(H,43,44)/t24?,25?,29?,30?,31?,33?,36-,37+,38-,39-/m0/s1. The summed E-state index contributed by atoms with van der Waals surface area (Å²) in [6, 6.07) is 6.70. The minimum atomic E-state index is -0.773. The van der Waals surface area contributed by atoms with Crippen molar-refractivity contribution in [3.63, 3.8) is 0 Å². The molecular formula is C39H54O6. The highest BCUT2D eigenvalue weighted by Crippen LogP contribution is 2.76. The van der Waals surface area contributed by atoms with E-state index < -0.39 is 22.8 Å². The third-order valence-corrected chi connectivity index (χ3v) is 14.8. The molecule has 45 heavy (non-hydrogen) atoms. The van der Waals surface area contributed by atoms with Crippen LogP contribution in [0.1, 0.15) is 105 Å². The summed E-state index contributed by atoms with van der Waals surface area (Å²) in [6.45, 7) is 14.2. The summed E-state index contributed by atoms with van der Waals surface area (Å²) < 4.78 is 6.26. The van der Waals surface area contributed by atoms with Gasteiger partial charge in [0, 0.05) is 11.5 Å². The van der Waals surface area contributed by atoms with E-state index in [0.29, 0.717) is 37.0 Å². The number of aromatic hydroxyl groups is 1. The number of aliphatic hydroxyl groups excluding tert-OH is 1. The summed E-state index contributed by atoms with van der Waals surface area (Å²) in [5.41, 5.74) is 0.520. The molecule has 5 aliphatic carbocycles. The van der Waals surface area contributed by atoms with E-state index in [0.717, 1.165) is 44.1 Å². The van der Waals surface area contributed by atoms with Crippen LogP contribution < -0.4 is 0 Å². The number of rotatable bonds is 5. The number of carboxylic acids is 1. The Bertz CT molecular complexity index is 1390. The normalized spacial score (nSPS) is 43.7. The molecule has 6 rings (SSSR count). The first kappa shape index (κ1) is 32.3. The van der Waals surface area contributed by atoms with Gasteiger partial charge in [-0.1, -0.05) is 65.3 Å². The van der Waals surface area contributed by atoms with Gasteiger partial charge in [-0.05, 0) is 127 Å². The summed E-state index contributed by atoms with van der Waals surface area (Å²) in [5.74, 6) is 0.422. The fourth-order valence-corrected chi connectivity index (χ4v) is 12.0. The topological polar surface area (TPSA) is 104 Å². The van der Waals surface area contributed by atoms with Gasteiger partial charge < -0.3 is 20.1 Å². The third kappa shape index (κ3) is 4.66. The highest BCUT2D eigenvalue weighted by atomic mass is 16.5. The van der Waals surface area contributed by atoms with Gasteiger partial charge in [0.1, 0.15) is 12.4 Å². The number of allylic oxidation sites excluding steroid dienone is 1. The van der Waals surface area contributed by atoms with Crippen molar-refractivity contribution in [1.82, 2.24) is 0 Å². The minimum Gasteiger partial charge on any atom is -0.508 e. The first-order chi connectivity index (χ1) is 21.1. The SMILES string of the molecule is CC1CC[C@]2(C(=O)O)CC[C@]3(COC(=O)C=Cc4ccc(O)cc4)C(=CCC4[C@@]5(C)CCC(O)C(C)(C)C5CC[C@]43C)C2C1C. The van der Waals surface area contributed by atoms with Crippen LogP contribution in [0.5, 0.6) is 5.75 Å². The Kier molecular flexibility index (Phi) is 7.90. The molecule has 1 aromatic rings. The van der Waals surface area contributed by atoms with E-state index in [2.05, 4.69) is 47.6 Å². The van der Waals surface area contributed by atoms with Gasteiger partial charge in [-0.15, -0.1) is 0 Å². The van der Waals surface area contributed by atoms with Crippen molar-refractivity contribution in [2.45, 2.75) is 105 Å².